The minimum absolute atomic E-state index is 0.0622. The van der Waals surface area contributed by atoms with Gasteiger partial charge in [0.05, 0.1) is 24.1 Å². The van der Waals surface area contributed by atoms with Crippen LogP contribution in [0.3, 0.4) is 0 Å². The van der Waals surface area contributed by atoms with Gasteiger partial charge in [-0.05, 0) is 26.0 Å². The fraction of sp³-hybridized carbons (Fsp3) is 0.400. The fourth-order valence-corrected chi connectivity index (χ4v) is 2.41. The quantitative estimate of drug-likeness (QED) is 0.838. The van der Waals surface area contributed by atoms with E-state index in [0.717, 1.165) is 5.69 Å². The number of hydrogen-bond acceptors (Lipinski definition) is 4. The first-order valence-corrected chi connectivity index (χ1v) is 7.05. The number of benzene rings is 1. The van der Waals surface area contributed by atoms with Crippen LogP contribution in [0.2, 0.25) is 0 Å². The van der Waals surface area contributed by atoms with Gasteiger partial charge in [-0.3, -0.25) is 4.79 Å². The number of aromatic nitrogens is 3. The van der Waals surface area contributed by atoms with E-state index in [1.807, 2.05) is 44.2 Å². The highest BCUT2D eigenvalue weighted by Crippen LogP contribution is 2.13. The van der Waals surface area contributed by atoms with Gasteiger partial charge in [-0.2, -0.15) is 9.90 Å². The van der Waals surface area contributed by atoms with Crippen molar-refractivity contribution in [2.45, 2.75) is 20.0 Å². The van der Waals surface area contributed by atoms with Gasteiger partial charge >= 0.3 is 0 Å². The topological polar surface area (TPSA) is 60.2 Å². The molecular formula is C15H18N4O2. The monoisotopic (exact) mass is 286 g/mol. The summed E-state index contributed by atoms with van der Waals surface area (Å²) in [6, 6.07) is 9.58. The van der Waals surface area contributed by atoms with E-state index >= 15 is 0 Å². The maximum atomic E-state index is 12.6. The van der Waals surface area contributed by atoms with E-state index in [4.69, 9.17) is 4.74 Å². The molecule has 6 heteroatoms. The second-order valence-electron chi connectivity index (χ2n) is 5.19. The van der Waals surface area contributed by atoms with Crippen molar-refractivity contribution in [2.24, 2.45) is 0 Å². The molecule has 0 spiro atoms. The normalized spacial score (nSPS) is 18.8. The molecule has 0 N–H and O–H groups in total. The minimum atomic E-state index is -0.0789. The lowest BCUT2D eigenvalue weighted by Crippen LogP contribution is -2.44. The molecule has 1 fully saturated rings. The van der Waals surface area contributed by atoms with Crippen LogP contribution in [0, 0.1) is 6.92 Å². The molecular weight excluding hydrogens is 268 g/mol. The van der Waals surface area contributed by atoms with Crippen LogP contribution >= 0.6 is 0 Å². The molecule has 1 aliphatic heterocycles. The van der Waals surface area contributed by atoms with E-state index in [-0.39, 0.29) is 12.0 Å². The Morgan fingerprint density at radius 3 is 2.76 bits per heavy atom. The number of ether oxygens (including phenoxy) is 1. The summed E-state index contributed by atoms with van der Waals surface area (Å²) in [5, 5.41) is 8.70. The van der Waals surface area contributed by atoms with Gasteiger partial charge in [0.25, 0.3) is 5.91 Å². The second kappa shape index (κ2) is 5.65. The van der Waals surface area contributed by atoms with Gasteiger partial charge in [-0.25, -0.2) is 0 Å². The molecule has 2 aromatic rings. The van der Waals surface area contributed by atoms with E-state index in [0.29, 0.717) is 31.1 Å². The van der Waals surface area contributed by atoms with Gasteiger partial charge < -0.3 is 9.64 Å². The number of carbonyl (C=O) groups excluding carboxylic acids is 1. The van der Waals surface area contributed by atoms with E-state index in [1.54, 1.807) is 4.90 Å². The predicted molar refractivity (Wildman–Crippen MR) is 77.4 cm³/mol. The number of rotatable bonds is 2. The van der Waals surface area contributed by atoms with E-state index < -0.39 is 0 Å². The van der Waals surface area contributed by atoms with E-state index in [1.165, 1.54) is 4.80 Å². The van der Waals surface area contributed by atoms with Crippen LogP contribution in [0.4, 0.5) is 0 Å². The van der Waals surface area contributed by atoms with E-state index in [2.05, 4.69) is 10.2 Å². The van der Waals surface area contributed by atoms with Crippen molar-refractivity contribution in [3.63, 3.8) is 0 Å². The maximum absolute atomic E-state index is 12.6. The molecule has 1 amide bonds. The number of para-hydroxylation sites is 1. The summed E-state index contributed by atoms with van der Waals surface area (Å²) in [4.78, 5) is 15.8. The molecule has 0 aliphatic carbocycles. The highest BCUT2D eigenvalue weighted by Gasteiger charge is 2.26. The Bertz CT molecular complexity index is 638. The van der Waals surface area contributed by atoms with Crippen LogP contribution in [-0.4, -0.2) is 51.6 Å². The first-order valence-electron chi connectivity index (χ1n) is 7.05. The van der Waals surface area contributed by atoms with Crippen LogP contribution in [0.1, 0.15) is 23.1 Å². The van der Waals surface area contributed by atoms with Crippen LogP contribution in [0.5, 0.6) is 0 Å². The zero-order valence-electron chi connectivity index (χ0n) is 12.2. The zero-order valence-corrected chi connectivity index (χ0v) is 12.2. The van der Waals surface area contributed by atoms with Crippen molar-refractivity contribution < 1.29 is 9.53 Å². The lowest BCUT2D eigenvalue weighted by atomic mass is 10.2. The number of nitrogens with zero attached hydrogens (tertiary/aromatic N) is 4. The Hall–Kier alpha value is -2.21. The Morgan fingerprint density at radius 2 is 2.05 bits per heavy atom. The van der Waals surface area contributed by atoms with Crippen molar-refractivity contribution in [1.82, 2.24) is 19.9 Å². The first-order chi connectivity index (χ1) is 10.1. The molecule has 1 unspecified atom stereocenters. The molecule has 3 rings (SSSR count). The molecule has 1 atom stereocenters. The SMILES string of the molecule is Cc1nn(-c2ccccc2)nc1C(=O)N1CCOC(C)C1. The average Bonchev–Trinajstić information content (AvgIpc) is 2.89. The number of aryl methyl sites for hydroxylation is 1. The summed E-state index contributed by atoms with van der Waals surface area (Å²) in [5.41, 5.74) is 1.89. The molecule has 110 valence electrons. The Morgan fingerprint density at radius 1 is 1.29 bits per heavy atom. The predicted octanol–water partition coefficient (Wildman–Crippen LogP) is 1.44. The minimum Gasteiger partial charge on any atom is -0.375 e. The molecule has 2 heterocycles. The van der Waals surface area contributed by atoms with Crippen LogP contribution < -0.4 is 0 Å². The molecule has 0 radical (unpaired) electrons. The molecule has 0 saturated carbocycles. The maximum Gasteiger partial charge on any atom is 0.276 e. The van der Waals surface area contributed by atoms with Crippen LogP contribution in [-0.2, 0) is 4.74 Å². The Kier molecular flexibility index (Phi) is 3.70. The highest BCUT2D eigenvalue weighted by atomic mass is 16.5. The first kappa shape index (κ1) is 13.8. The summed E-state index contributed by atoms with van der Waals surface area (Å²) in [6.07, 6.45) is 0.0622. The summed E-state index contributed by atoms with van der Waals surface area (Å²) in [6.45, 7) is 5.53. The van der Waals surface area contributed by atoms with Gasteiger partial charge in [-0.15, -0.1) is 5.10 Å². The fourth-order valence-electron chi connectivity index (χ4n) is 2.41. The van der Waals surface area contributed by atoms with Crippen molar-refractivity contribution in [2.75, 3.05) is 19.7 Å². The third-order valence-corrected chi connectivity index (χ3v) is 3.50. The Balaban J connectivity index is 1.86. The summed E-state index contributed by atoms with van der Waals surface area (Å²) in [5.74, 6) is -0.0789. The third kappa shape index (κ3) is 2.80. The standard InChI is InChI=1S/C15H18N4O2/c1-11-10-18(8-9-21-11)15(20)14-12(2)16-19(17-14)13-6-4-3-5-7-13/h3-7,11H,8-10H2,1-2H3. The lowest BCUT2D eigenvalue weighted by molar-refractivity contribution is -0.0126. The summed E-state index contributed by atoms with van der Waals surface area (Å²) >= 11 is 0. The molecule has 1 saturated heterocycles. The molecule has 6 nitrogen and oxygen atoms in total. The third-order valence-electron chi connectivity index (χ3n) is 3.50. The smallest absolute Gasteiger partial charge is 0.276 e. The molecule has 1 aromatic carbocycles. The van der Waals surface area contributed by atoms with Crippen molar-refractivity contribution >= 4 is 5.91 Å². The zero-order chi connectivity index (χ0) is 14.8. The van der Waals surface area contributed by atoms with Gasteiger partial charge in [-0.1, -0.05) is 18.2 Å². The molecule has 1 aliphatic rings. The second-order valence-corrected chi connectivity index (χ2v) is 5.19. The molecule has 1 aromatic heterocycles. The summed E-state index contributed by atoms with van der Waals surface area (Å²) < 4.78 is 5.46. The number of morpholine rings is 1. The Labute approximate surface area is 123 Å². The van der Waals surface area contributed by atoms with Gasteiger partial charge in [0.1, 0.15) is 0 Å². The average molecular weight is 286 g/mol. The van der Waals surface area contributed by atoms with Crippen molar-refractivity contribution in [1.29, 1.82) is 0 Å². The lowest BCUT2D eigenvalue weighted by Gasteiger charge is -2.30. The largest absolute Gasteiger partial charge is 0.375 e. The van der Waals surface area contributed by atoms with Crippen molar-refractivity contribution in [3.05, 3.63) is 41.7 Å². The number of hydrogen-bond donors (Lipinski definition) is 0. The van der Waals surface area contributed by atoms with Gasteiger partial charge in [0, 0.05) is 13.1 Å². The number of carbonyl (C=O) groups is 1. The van der Waals surface area contributed by atoms with E-state index in [9.17, 15) is 4.79 Å². The number of amides is 1. The summed E-state index contributed by atoms with van der Waals surface area (Å²) in [7, 11) is 0. The van der Waals surface area contributed by atoms with Crippen LogP contribution in [0.25, 0.3) is 5.69 Å². The van der Waals surface area contributed by atoms with Crippen molar-refractivity contribution in [3.8, 4) is 5.69 Å². The van der Waals surface area contributed by atoms with Gasteiger partial charge in [0.2, 0.25) is 0 Å². The van der Waals surface area contributed by atoms with Gasteiger partial charge in [0.15, 0.2) is 5.69 Å². The van der Waals surface area contributed by atoms with Crippen LogP contribution in [0.15, 0.2) is 30.3 Å². The molecule has 21 heavy (non-hydrogen) atoms. The molecule has 0 bridgehead atoms. The highest BCUT2D eigenvalue weighted by molar-refractivity contribution is 5.93.